The number of halogens is 1. The fraction of sp³-hybridized carbons (Fsp3) is 0.125. The van der Waals surface area contributed by atoms with Gasteiger partial charge in [0.25, 0.3) is 5.91 Å². The lowest BCUT2D eigenvalue weighted by molar-refractivity contribution is 0.0769. The molecule has 112 valence electrons. The molecule has 0 bridgehead atoms. The molecule has 0 aliphatic heterocycles. The van der Waals surface area contributed by atoms with E-state index in [2.05, 4.69) is 26.1 Å². The predicted molar refractivity (Wildman–Crippen MR) is 86.2 cm³/mol. The third kappa shape index (κ3) is 3.12. The fourth-order valence-corrected chi connectivity index (χ4v) is 2.38. The Labute approximate surface area is 136 Å². The van der Waals surface area contributed by atoms with Crippen molar-refractivity contribution in [3.63, 3.8) is 0 Å². The average molecular weight is 360 g/mol. The van der Waals surface area contributed by atoms with Gasteiger partial charge in [0.15, 0.2) is 0 Å². The maximum absolute atomic E-state index is 12.4. The van der Waals surface area contributed by atoms with E-state index in [0.717, 1.165) is 21.5 Å². The predicted octanol–water partition coefficient (Wildman–Crippen LogP) is 3.70. The van der Waals surface area contributed by atoms with Crippen LogP contribution in [0.3, 0.4) is 0 Å². The van der Waals surface area contributed by atoms with E-state index in [4.69, 9.17) is 4.42 Å². The van der Waals surface area contributed by atoms with Gasteiger partial charge in [0.05, 0.1) is 18.5 Å². The van der Waals surface area contributed by atoms with Gasteiger partial charge in [-0.25, -0.2) is 0 Å². The lowest BCUT2D eigenvalue weighted by Crippen LogP contribution is -2.26. The molecule has 3 rings (SSSR count). The van der Waals surface area contributed by atoms with Gasteiger partial charge in [-0.3, -0.25) is 9.89 Å². The summed E-state index contributed by atoms with van der Waals surface area (Å²) in [5.74, 6) is 0.607. The molecule has 0 saturated carbocycles. The zero-order chi connectivity index (χ0) is 15.5. The van der Waals surface area contributed by atoms with Crippen LogP contribution in [0.1, 0.15) is 16.2 Å². The Balaban J connectivity index is 1.75. The van der Waals surface area contributed by atoms with Gasteiger partial charge in [0.2, 0.25) is 0 Å². The minimum atomic E-state index is -0.132. The molecule has 0 aliphatic rings. The van der Waals surface area contributed by atoms with E-state index < -0.39 is 0 Å². The number of carbonyl (C=O) groups excluding carboxylic acids is 1. The first-order valence-corrected chi connectivity index (χ1v) is 7.52. The Morgan fingerprint density at radius 2 is 2.09 bits per heavy atom. The number of nitrogens with one attached hydrogen (secondary N) is 1. The summed E-state index contributed by atoms with van der Waals surface area (Å²) in [4.78, 5) is 14.0. The van der Waals surface area contributed by atoms with Gasteiger partial charge in [0.1, 0.15) is 11.5 Å². The van der Waals surface area contributed by atoms with Crippen LogP contribution in [0.5, 0.6) is 0 Å². The monoisotopic (exact) mass is 359 g/mol. The van der Waals surface area contributed by atoms with Crippen molar-refractivity contribution in [2.45, 2.75) is 6.54 Å². The molecule has 6 heteroatoms. The molecule has 1 N–H and O–H groups in total. The molecule has 2 aromatic heterocycles. The number of rotatable bonds is 4. The van der Waals surface area contributed by atoms with Crippen molar-refractivity contribution in [2.24, 2.45) is 0 Å². The molecule has 1 amide bonds. The summed E-state index contributed by atoms with van der Waals surface area (Å²) in [6.07, 6.45) is 1.59. The Bertz CT molecular complexity index is 763. The largest absolute Gasteiger partial charge is 0.467 e. The summed E-state index contributed by atoms with van der Waals surface area (Å²) < 4.78 is 6.25. The molecule has 0 spiro atoms. The molecule has 3 aromatic rings. The number of aromatic nitrogens is 2. The second kappa shape index (κ2) is 6.19. The molecule has 2 heterocycles. The number of hydrogen-bond donors (Lipinski definition) is 1. The van der Waals surface area contributed by atoms with E-state index >= 15 is 0 Å². The van der Waals surface area contributed by atoms with Gasteiger partial charge in [-0.1, -0.05) is 28.1 Å². The third-order valence-electron chi connectivity index (χ3n) is 3.27. The Morgan fingerprint density at radius 3 is 2.77 bits per heavy atom. The molecule has 0 unspecified atom stereocenters. The summed E-state index contributed by atoms with van der Waals surface area (Å²) in [6, 6.07) is 13.2. The van der Waals surface area contributed by atoms with Crippen LogP contribution < -0.4 is 0 Å². The topological polar surface area (TPSA) is 62.1 Å². The van der Waals surface area contributed by atoms with Crippen molar-refractivity contribution in [2.75, 3.05) is 7.05 Å². The minimum Gasteiger partial charge on any atom is -0.467 e. The van der Waals surface area contributed by atoms with Crippen molar-refractivity contribution in [3.8, 4) is 11.3 Å². The lowest BCUT2D eigenvalue weighted by atomic mass is 10.1. The second-order valence-corrected chi connectivity index (χ2v) is 5.83. The van der Waals surface area contributed by atoms with Crippen molar-refractivity contribution >= 4 is 21.8 Å². The van der Waals surface area contributed by atoms with Crippen LogP contribution in [0.25, 0.3) is 11.3 Å². The summed E-state index contributed by atoms with van der Waals surface area (Å²) in [5.41, 5.74) is 2.14. The van der Waals surface area contributed by atoms with Crippen LogP contribution in [0.4, 0.5) is 0 Å². The molecular formula is C16H14BrN3O2. The molecule has 1 aromatic carbocycles. The first-order valence-electron chi connectivity index (χ1n) is 6.72. The summed E-state index contributed by atoms with van der Waals surface area (Å²) in [6.45, 7) is 0.415. The molecule has 0 aliphatic carbocycles. The summed E-state index contributed by atoms with van der Waals surface area (Å²) in [5, 5.41) is 7.00. The van der Waals surface area contributed by atoms with E-state index in [1.807, 2.05) is 30.3 Å². The van der Waals surface area contributed by atoms with Crippen LogP contribution in [0.2, 0.25) is 0 Å². The lowest BCUT2D eigenvalue weighted by Gasteiger charge is -2.14. The highest BCUT2D eigenvalue weighted by Crippen LogP contribution is 2.21. The number of carbonyl (C=O) groups is 1. The first-order chi connectivity index (χ1) is 10.6. The minimum absolute atomic E-state index is 0.132. The fourth-order valence-electron chi connectivity index (χ4n) is 2.11. The normalized spacial score (nSPS) is 10.6. The number of benzene rings is 1. The van der Waals surface area contributed by atoms with Gasteiger partial charge in [-0.15, -0.1) is 0 Å². The van der Waals surface area contributed by atoms with E-state index in [1.54, 1.807) is 30.3 Å². The maximum Gasteiger partial charge on any atom is 0.272 e. The molecule has 0 saturated heterocycles. The van der Waals surface area contributed by atoms with Gasteiger partial charge in [-0.05, 0) is 30.3 Å². The van der Waals surface area contributed by atoms with Crippen molar-refractivity contribution in [1.29, 1.82) is 0 Å². The SMILES string of the molecule is CN(Cc1ccco1)C(=O)c1cc(-c2ccc(Br)cc2)n[nH]1. The molecule has 5 nitrogen and oxygen atoms in total. The number of furan rings is 1. The zero-order valence-corrected chi connectivity index (χ0v) is 13.5. The average Bonchev–Trinajstić information content (AvgIpc) is 3.18. The number of H-pyrrole nitrogens is 1. The quantitative estimate of drug-likeness (QED) is 0.772. The molecular weight excluding hydrogens is 346 g/mol. The van der Waals surface area contributed by atoms with Crippen LogP contribution in [-0.4, -0.2) is 28.1 Å². The number of aromatic amines is 1. The first kappa shape index (κ1) is 14.6. The van der Waals surface area contributed by atoms with E-state index in [0.29, 0.717) is 12.2 Å². The maximum atomic E-state index is 12.4. The Hall–Kier alpha value is -2.34. The molecule has 0 radical (unpaired) electrons. The van der Waals surface area contributed by atoms with Crippen molar-refractivity contribution < 1.29 is 9.21 Å². The summed E-state index contributed by atoms with van der Waals surface area (Å²) >= 11 is 3.40. The van der Waals surface area contributed by atoms with E-state index in [1.165, 1.54) is 0 Å². The highest BCUT2D eigenvalue weighted by Gasteiger charge is 2.16. The number of nitrogens with zero attached hydrogens (tertiary/aromatic N) is 2. The highest BCUT2D eigenvalue weighted by atomic mass is 79.9. The van der Waals surface area contributed by atoms with Crippen LogP contribution in [-0.2, 0) is 6.54 Å². The highest BCUT2D eigenvalue weighted by molar-refractivity contribution is 9.10. The van der Waals surface area contributed by atoms with Gasteiger partial charge < -0.3 is 9.32 Å². The Kier molecular flexibility index (Phi) is 4.11. The third-order valence-corrected chi connectivity index (χ3v) is 3.80. The second-order valence-electron chi connectivity index (χ2n) is 4.91. The van der Waals surface area contributed by atoms with Crippen LogP contribution in [0, 0.1) is 0 Å². The number of hydrogen-bond acceptors (Lipinski definition) is 3. The van der Waals surface area contributed by atoms with E-state index in [-0.39, 0.29) is 5.91 Å². The van der Waals surface area contributed by atoms with Gasteiger partial charge in [0, 0.05) is 17.1 Å². The van der Waals surface area contributed by atoms with Crippen molar-refractivity contribution in [3.05, 3.63) is 64.7 Å². The van der Waals surface area contributed by atoms with E-state index in [9.17, 15) is 4.79 Å². The Morgan fingerprint density at radius 1 is 1.32 bits per heavy atom. The molecule has 22 heavy (non-hydrogen) atoms. The smallest absolute Gasteiger partial charge is 0.272 e. The van der Waals surface area contributed by atoms with Crippen LogP contribution in [0.15, 0.2) is 57.6 Å². The van der Waals surface area contributed by atoms with Gasteiger partial charge in [-0.2, -0.15) is 5.10 Å². The number of amides is 1. The summed E-state index contributed by atoms with van der Waals surface area (Å²) in [7, 11) is 1.73. The van der Waals surface area contributed by atoms with Crippen molar-refractivity contribution in [1.82, 2.24) is 15.1 Å². The van der Waals surface area contributed by atoms with Crippen LogP contribution >= 0.6 is 15.9 Å². The zero-order valence-electron chi connectivity index (χ0n) is 11.9. The standard InChI is InChI=1S/C16H14BrN3O2/c1-20(10-13-3-2-8-22-13)16(21)15-9-14(18-19-15)11-4-6-12(17)7-5-11/h2-9H,10H2,1H3,(H,18,19). The van der Waals surface area contributed by atoms with Gasteiger partial charge >= 0.3 is 0 Å². The molecule has 0 fully saturated rings. The molecule has 0 atom stereocenters.